The SMILES string of the molecule is CSC[C@H]1C(=O)N(C)C[C@@H](CC(=O)c2nc3ccccc3cc2O)C(=O)NCC(=O)N(C)[C@H]2CSSC[C@@H](C(=O)N1C)N(C)C(=O)CCC(=O)[C@H](NC(=O)c1nc3ccccc3cc1O)CN(C)C(=O)[C@H](CSC)[N+](C)(C)C2=O. The number of fused-ring (bicyclic) bond motifs is 7. The molecule has 2 saturated heterocycles. The zero-order valence-electron chi connectivity index (χ0n) is 45.5. The first-order chi connectivity index (χ1) is 37.4. The normalized spacial score (nSPS) is 23.3. The Labute approximate surface area is 474 Å². The van der Waals surface area contributed by atoms with Crippen LogP contribution < -0.4 is 10.6 Å². The number of amides is 8. The minimum Gasteiger partial charge on any atom is -0.506 e. The Morgan fingerprint density at radius 3 is 1.85 bits per heavy atom. The molecule has 424 valence electrons. The van der Waals surface area contributed by atoms with E-state index in [2.05, 4.69) is 20.6 Å². The van der Waals surface area contributed by atoms with Gasteiger partial charge >= 0.3 is 5.91 Å². The summed E-state index contributed by atoms with van der Waals surface area (Å²) in [5, 5.41) is 28.2. The van der Waals surface area contributed by atoms with Gasteiger partial charge in [0.25, 0.3) is 11.8 Å². The number of nitrogens with zero attached hydrogens (tertiary/aromatic N) is 8. The van der Waals surface area contributed by atoms with Crippen molar-refractivity contribution in [2.24, 2.45) is 5.92 Å². The first-order valence-electron chi connectivity index (χ1n) is 25.1. The van der Waals surface area contributed by atoms with Gasteiger partial charge in [-0.2, -0.15) is 23.5 Å². The Morgan fingerprint density at radius 2 is 1.24 bits per heavy atom. The number of para-hydroxylation sites is 2. The van der Waals surface area contributed by atoms with Crippen molar-refractivity contribution < 1.29 is 62.6 Å². The van der Waals surface area contributed by atoms with E-state index in [-0.39, 0.29) is 28.7 Å². The zero-order valence-corrected chi connectivity index (χ0v) is 48.8. The van der Waals surface area contributed by atoms with Gasteiger partial charge in [-0.05, 0) is 36.8 Å². The van der Waals surface area contributed by atoms with E-state index in [1.807, 2.05) is 0 Å². The average Bonchev–Trinajstić information content (AvgIpc) is 3.45. The van der Waals surface area contributed by atoms with Gasteiger partial charge in [-0.1, -0.05) is 58.0 Å². The van der Waals surface area contributed by atoms with Gasteiger partial charge < -0.3 is 45.3 Å². The Morgan fingerprint density at radius 1 is 0.696 bits per heavy atom. The lowest BCUT2D eigenvalue weighted by molar-refractivity contribution is -0.829. The summed E-state index contributed by atoms with van der Waals surface area (Å²) >= 11 is 2.52. The summed E-state index contributed by atoms with van der Waals surface area (Å²) in [7, 11) is 12.2. The molecule has 6 atom stereocenters. The van der Waals surface area contributed by atoms with E-state index in [4.69, 9.17) is 0 Å². The molecule has 0 aliphatic carbocycles. The van der Waals surface area contributed by atoms with Crippen LogP contribution in [0.2, 0.25) is 0 Å². The molecule has 4 heterocycles. The molecule has 2 aromatic carbocycles. The number of carbonyl (C=O) groups is 10. The number of benzene rings is 2. The number of hydrogen-bond donors (Lipinski definition) is 4. The second-order valence-corrected chi connectivity index (χ2v) is 24.3. The minimum atomic E-state index is -1.48. The minimum absolute atomic E-state index is 0.0591. The standard InChI is InChI=1S/C53H66N10O12S4/c1-58-24-32(22-42(66)46-41(65)20-30-14-10-12-16-33(30)55-46)48(70)54-23-45(69)61(4)38-28-79-78-27-37(51(73)62(5)36(26-76-8)50(58)72)60(3)44(68)19-18-40(64)35(25-59(2)52(74)39(29-77-9)63(6,7)53(38)75)57-49(71)47-43(67)21-31-15-11-13-17-34(31)56-47/h10-17,20-21,32,35-39H,18-19,22-29H2,1-9H3,(H3-,54,57,65,66,67,70,71)/p+1/t32-,35-,36+,37+,38+,39+/m1/s1. The quantitative estimate of drug-likeness (QED) is 0.106. The van der Waals surface area contributed by atoms with Gasteiger partial charge in [0.15, 0.2) is 29.3 Å². The summed E-state index contributed by atoms with van der Waals surface area (Å²) in [5.74, 6) is -9.41. The van der Waals surface area contributed by atoms with E-state index in [1.54, 1.807) is 61.0 Å². The molecule has 0 spiro atoms. The predicted octanol–water partition coefficient (Wildman–Crippen LogP) is 2.15. The van der Waals surface area contributed by atoms with E-state index >= 15 is 4.79 Å². The van der Waals surface area contributed by atoms with Crippen LogP contribution in [0.25, 0.3) is 21.8 Å². The number of quaternary nitrogens is 1. The van der Waals surface area contributed by atoms with E-state index in [0.29, 0.717) is 21.8 Å². The highest BCUT2D eigenvalue weighted by atomic mass is 33.1. The van der Waals surface area contributed by atoms with Crippen LogP contribution in [0.4, 0.5) is 0 Å². The highest BCUT2D eigenvalue weighted by molar-refractivity contribution is 8.76. The van der Waals surface area contributed by atoms with Crippen LogP contribution in [0.15, 0.2) is 60.7 Å². The van der Waals surface area contributed by atoms with E-state index in [9.17, 15) is 53.4 Å². The number of aromatic nitrogens is 2. The molecule has 0 radical (unpaired) electrons. The van der Waals surface area contributed by atoms with Crippen LogP contribution in [-0.2, 0) is 38.4 Å². The van der Waals surface area contributed by atoms with Crippen LogP contribution in [0.5, 0.6) is 11.5 Å². The number of hydrogen-bond acceptors (Lipinski definition) is 18. The average molecular weight is 1160 g/mol. The predicted molar refractivity (Wildman–Crippen MR) is 305 cm³/mol. The van der Waals surface area contributed by atoms with E-state index < -0.39 is 156 Å². The fourth-order valence-electron chi connectivity index (χ4n) is 9.30. The van der Waals surface area contributed by atoms with Gasteiger partial charge in [-0.15, -0.1) is 0 Å². The highest BCUT2D eigenvalue weighted by Gasteiger charge is 2.48. The molecular formula is C53H67N10O12S4+. The molecule has 2 aliphatic rings. The molecule has 79 heavy (non-hydrogen) atoms. The molecule has 22 nitrogen and oxygen atoms in total. The lowest BCUT2D eigenvalue weighted by Crippen LogP contribution is -2.66. The fourth-order valence-corrected chi connectivity index (χ4v) is 13.3. The maximum Gasteiger partial charge on any atom is 0.337 e. The Kier molecular flexibility index (Phi) is 21.2. The van der Waals surface area contributed by atoms with Crippen LogP contribution in [-0.4, -0.2) is 243 Å². The molecule has 0 unspecified atom stereocenters. The topological polar surface area (TPSA) is 277 Å². The molecule has 2 fully saturated rings. The van der Waals surface area contributed by atoms with Crippen LogP contribution >= 0.6 is 45.1 Å². The number of rotatable bonds is 9. The van der Waals surface area contributed by atoms with E-state index in [0.717, 1.165) is 26.5 Å². The first kappa shape index (κ1) is 61.7. The molecule has 4 N–H and O–H groups in total. The third kappa shape index (κ3) is 14.5. The van der Waals surface area contributed by atoms with E-state index in [1.165, 1.54) is 105 Å². The molecule has 0 saturated carbocycles. The number of carbonyl (C=O) groups excluding carboxylic acids is 10. The second kappa shape index (κ2) is 27.1. The lowest BCUT2D eigenvalue weighted by atomic mass is 9.97. The van der Waals surface area contributed by atoms with Crippen molar-refractivity contribution in [3.05, 3.63) is 72.1 Å². The smallest absolute Gasteiger partial charge is 0.337 e. The largest absolute Gasteiger partial charge is 0.506 e. The Hall–Kier alpha value is -6.48. The first-order valence-corrected chi connectivity index (χ1v) is 30.4. The summed E-state index contributed by atoms with van der Waals surface area (Å²) < 4.78 is -0.621. The van der Waals surface area contributed by atoms with Crippen molar-refractivity contribution in [1.82, 2.24) is 45.1 Å². The number of ketones is 2. The molecule has 2 aliphatic heterocycles. The summed E-state index contributed by atoms with van der Waals surface area (Å²) in [6.07, 6.45) is 1.95. The number of Topliss-reactive ketones (excluding diaryl/α,β-unsaturated/α-hetero) is 2. The summed E-state index contributed by atoms with van der Waals surface area (Å²) in [5.41, 5.74) is 0.0692. The molecular weight excluding hydrogens is 1100 g/mol. The maximum atomic E-state index is 15.2. The highest BCUT2D eigenvalue weighted by Crippen LogP contribution is 2.31. The number of likely N-dealkylation sites (N-methyl/N-ethyl adjacent to an activating group) is 6. The van der Waals surface area contributed by atoms with Crippen LogP contribution in [0, 0.1) is 5.92 Å². The number of aromatic hydroxyl groups is 2. The van der Waals surface area contributed by atoms with Gasteiger partial charge in [0.1, 0.15) is 35.3 Å². The Bertz CT molecular complexity index is 3020. The molecule has 8 amide bonds. The molecule has 2 bridgehead atoms. The van der Waals surface area contributed by atoms with Crippen LogP contribution in [0.3, 0.4) is 0 Å². The fraction of sp³-hybridized carbons (Fsp3) is 0.472. The third-order valence-corrected chi connectivity index (χ3v) is 18.0. The van der Waals surface area contributed by atoms with Gasteiger partial charge in [0, 0.05) is 95.6 Å². The number of pyridine rings is 2. The van der Waals surface area contributed by atoms with Gasteiger partial charge in [0.2, 0.25) is 29.5 Å². The van der Waals surface area contributed by atoms with Crippen molar-refractivity contribution in [3.8, 4) is 11.5 Å². The van der Waals surface area contributed by atoms with Gasteiger partial charge in [-0.3, -0.25) is 47.6 Å². The molecule has 2 aromatic heterocycles. The van der Waals surface area contributed by atoms with Crippen molar-refractivity contribution in [1.29, 1.82) is 0 Å². The number of nitrogens with one attached hydrogen (secondary N) is 2. The second-order valence-electron chi connectivity index (χ2n) is 19.9. The molecule has 6 rings (SSSR count). The summed E-state index contributed by atoms with van der Waals surface area (Å²) in [6.45, 7) is -1.53. The zero-order chi connectivity index (χ0) is 58.0. The number of thioether (sulfide) groups is 2. The lowest BCUT2D eigenvalue weighted by Gasteiger charge is -2.40. The summed E-state index contributed by atoms with van der Waals surface area (Å²) in [6, 6.07) is 9.89. The van der Waals surface area contributed by atoms with Crippen molar-refractivity contribution in [2.75, 3.05) is 104 Å². The van der Waals surface area contributed by atoms with Gasteiger partial charge in [0.05, 0.1) is 43.3 Å². The van der Waals surface area contributed by atoms with Crippen molar-refractivity contribution >= 4 is 126 Å². The van der Waals surface area contributed by atoms with Crippen molar-refractivity contribution in [2.45, 2.75) is 49.5 Å². The maximum absolute atomic E-state index is 15.2. The monoisotopic (exact) mass is 1160 g/mol. The Balaban J connectivity index is 1.41. The summed E-state index contributed by atoms with van der Waals surface area (Å²) in [4.78, 5) is 160. The van der Waals surface area contributed by atoms with Gasteiger partial charge in [-0.25, -0.2) is 14.8 Å². The molecule has 26 heteroatoms. The molecule has 4 aromatic rings. The van der Waals surface area contributed by atoms with Crippen LogP contribution in [0.1, 0.15) is 40.2 Å². The third-order valence-electron chi connectivity index (χ3n) is 14.3. The van der Waals surface area contributed by atoms with Crippen molar-refractivity contribution in [3.63, 3.8) is 0 Å².